The van der Waals surface area contributed by atoms with Gasteiger partial charge in [0, 0.05) is 12.2 Å². The molecule has 1 aliphatic heterocycles. The fourth-order valence-corrected chi connectivity index (χ4v) is 4.67. The van der Waals surface area contributed by atoms with E-state index in [0.29, 0.717) is 5.11 Å². The number of likely N-dealkylation sites (tertiary alicyclic amines) is 1. The van der Waals surface area contributed by atoms with Crippen molar-refractivity contribution in [2.75, 3.05) is 11.9 Å². The van der Waals surface area contributed by atoms with Gasteiger partial charge in [0.2, 0.25) is 0 Å². The van der Waals surface area contributed by atoms with Crippen molar-refractivity contribution >= 4 is 44.6 Å². The number of aromatic nitrogens is 1. The highest BCUT2D eigenvalue weighted by atomic mass is 32.1. The number of ether oxygens (including phenoxy) is 1. The summed E-state index contributed by atoms with van der Waals surface area (Å²) in [5.74, 6) is 0.120. The minimum Gasteiger partial charge on any atom is -0.435 e. The summed E-state index contributed by atoms with van der Waals surface area (Å²) in [6.07, 6.45) is 2.05. The fraction of sp³-hybridized carbons (Fsp3) is 0.263. The zero-order valence-corrected chi connectivity index (χ0v) is 15.9. The SMILES string of the molecule is FC(F)Oc1ccc(NC(=S)N2CCC[C@H]2c2nc3ccccc3s2)cc1. The molecular weight excluding hydrogens is 388 g/mol. The van der Waals surface area contributed by atoms with Crippen LogP contribution in [0, 0.1) is 0 Å². The Balaban J connectivity index is 1.47. The summed E-state index contributed by atoms with van der Waals surface area (Å²) in [7, 11) is 0. The van der Waals surface area contributed by atoms with Crippen LogP contribution >= 0.6 is 23.6 Å². The molecule has 1 aromatic heterocycles. The zero-order valence-electron chi connectivity index (χ0n) is 14.3. The second-order valence-corrected chi connectivity index (χ2v) is 7.65. The van der Waals surface area contributed by atoms with Crippen molar-refractivity contribution in [1.29, 1.82) is 0 Å². The lowest BCUT2D eigenvalue weighted by Gasteiger charge is -2.26. The molecule has 4 nitrogen and oxygen atoms in total. The lowest BCUT2D eigenvalue weighted by atomic mass is 10.2. The Kier molecular flexibility index (Phi) is 5.18. The lowest BCUT2D eigenvalue weighted by Crippen LogP contribution is -2.34. The van der Waals surface area contributed by atoms with E-state index in [1.807, 2.05) is 18.2 Å². The van der Waals surface area contributed by atoms with E-state index >= 15 is 0 Å². The number of halogens is 2. The number of para-hydroxylation sites is 1. The Bertz CT molecular complexity index is 913. The molecule has 0 radical (unpaired) electrons. The largest absolute Gasteiger partial charge is 0.435 e. The van der Waals surface area contributed by atoms with E-state index in [4.69, 9.17) is 17.2 Å². The van der Waals surface area contributed by atoms with Crippen LogP contribution in [0.5, 0.6) is 5.75 Å². The standard InChI is InChI=1S/C19H17F2N3OS2/c20-18(21)25-13-9-7-12(8-10-13)22-19(26)24-11-3-5-15(24)17-23-14-4-1-2-6-16(14)27-17/h1-2,4,6-10,15,18H,3,5,11H2,(H,22,26)/t15-/m0/s1. The van der Waals surface area contributed by atoms with E-state index < -0.39 is 6.61 Å². The predicted octanol–water partition coefficient (Wildman–Crippen LogP) is 5.43. The molecule has 2 heterocycles. The number of nitrogens with zero attached hydrogens (tertiary/aromatic N) is 2. The maximum absolute atomic E-state index is 12.2. The van der Waals surface area contributed by atoms with Crippen molar-refractivity contribution in [1.82, 2.24) is 9.88 Å². The second kappa shape index (κ2) is 7.74. The monoisotopic (exact) mass is 405 g/mol. The molecule has 0 spiro atoms. The first-order valence-electron chi connectivity index (χ1n) is 8.58. The molecule has 4 rings (SSSR count). The fourth-order valence-electron chi connectivity index (χ4n) is 3.21. The van der Waals surface area contributed by atoms with Gasteiger partial charge in [-0.2, -0.15) is 8.78 Å². The van der Waals surface area contributed by atoms with Gasteiger partial charge in [-0.3, -0.25) is 0 Å². The van der Waals surface area contributed by atoms with Crippen molar-refractivity contribution in [2.45, 2.75) is 25.5 Å². The minimum atomic E-state index is -2.83. The summed E-state index contributed by atoms with van der Waals surface area (Å²) in [6, 6.07) is 14.6. The molecule has 1 N–H and O–H groups in total. The topological polar surface area (TPSA) is 37.4 Å². The average molecular weight is 405 g/mol. The van der Waals surface area contributed by atoms with Crippen LogP contribution in [0.4, 0.5) is 14.5 Å². The average Bonchev–Trinajstić information content (AvgIpc) is 3.29. The highest BCUT2D eigenvalue weighted by molar-refractivity contribution is 7.80. The molecular formula is C19H17F2N3OS2. The van der Waals surface area contributed by atoms with Gasteiger partial charge in [0.05, 0.1) is 16.3 Å². The van der Waals surface area contributed by atoms with Crippen LogP contribution in [0.2, 0.25) is 0 Å². The van der Waals surface area contributed by atoms with Gasteiger partial charge in [-0.1, -0.05) is 12.1 Å². The second-order valence-electron chi connectivity index (χ2n) is 6.20. The van der Waals surface area contributed by atoms with E-state index in [0.717, 1.165) is 35.6 Å². The smallest absolute Gasteiger partial charge is 0.387 e. The number of hydrogen-bond acceptors (Lipinski definition) is 4. The van der Waals surface area contributed by atoms with E-state index in [2.05, 4.69) is 21.0 Å². The molecule has 2 aromatic carbocycles. The summed E-state index contributed by atoms with van der Waals surface area (Å²) in [5.41, 5.74) is 1.74. The van der Waals surface area contributed by atoms with Crippen molar-refractivity contribution in [3.05, 3.63) is 53.5 Å². The maximum atomic E-state index is 12.2. The van der Waals surface area contributed by atoms with Crippen molar-refractivity contribution < 1.29 is 13.5 Å². The van der Waals surface area contributed by atoms with E-state index in [1.165, 1.54) is 16.8 Å². The number of hydrogen-bond donors (Lipinski definition) is 1. The van der Waals surface area contributed by atoms with Gasteiger partial charge in [0.1, 0.15) is 10.8 Å². The van der Waals surface area contributed by atoms with Gasteiger partial charge in [0.15, 0.2) is 5.11 Å². The number of benzene rings is 2. The molecule has 0 aliphatic carbocycles. The van der Waals surface area contributed by atoms with Crippen molar-refractivity contribution in [3.63, 3.8) is 0 Å². The molecule has 27 heavy (non-hydrogen) atoms. The van der Waals surface area contributed by atoms with Gasteiger partial charge in [-0.05, 0) is 61.5 Å². The molecule has 140 valence electrons. The van der Waals surface area contributed by atoms with Crippen molar-refractivity contribution in [2.24, 2.45) is 0 Å². The first kappa shape index (κ1) is 18.1. The predicted molar refractivity (Wildman–Crippen MR) is 108 cm³/mol. The van der Waals surface area contributed by atoms with E-state index in [1.54, 1.807) is 23.5 Å². The van der Waals surface area contributed by atoms with Crippen LogP contribution in [-0.2, 0) is 0 Å². The minimum absolute atomic E-state index is 0.120. The number of alkyl halides is 2. The molecule has 0 bridgehead atoms. The third-order valence-corrected chi connectivity index (χ3v) is 5.91. The molecule has 1 saturated heterocycles. The Morgan fingerprint density at radius 2 is 2.00 bits per heavy atom. The summed E-state index contributed by atoms with van der Waals surface area (Å²) >= 11 is 7.30. The quantitative estimate of drug-likeness (QED) is 0.586. The van der Waals surface area contributed by atoms with Gasteiger partial charge < -0.3 is 15.0 Å². The molecule has 0 unspecified atom stereocenters. The van der Waals surface area contributed by atoms with E-state index in [-0.39, 0.29) is 11.8 Å². The van der Waals surface area contributed by atoms with Gasteiger partial charge >= 0.3 is 6.61 Å². The highest BCUT2D eigenvalue weighted by Gasteiger charge is 2.30. The first-order chi connectivity index (χ1) is 13.1. The van der Waals surface area contributed by atoms with Crippen LogP contribution in [0.25, 0.3) is 10.2 Å². The van der Waals surface area contributed by atoms with Crippen LogP contribution in [-0.4, -0.2) is 28.2 Å². The maximum Gasteiger partial charge on any atom is 0.387 e. The molecule has 1 atom stereocenters. The number of anilines is 1. The molecule has 0 amide bonds. The van der Waals surface area contributed by atoms with Gasteiger partial charge in [-0.15, -0.1) is 11.3 Å². The summed E-state index contributed by atoms with van der Waals surface area (Å²) < 4.78 is 30.0. The number of rotatable bonds is 4. The molecule has 0 saturated carbocycles. The zero-order chi connectivity index (χ0) is 18.8. The van der Waals surface area contributed by atoms with Crippen LogP contribution in [0.1, 0.15) is 23.9 Å². The van der Waals surface area contributed by atoms with Crippen LogP contribution in [0.15, 0.2) is 48.5 Å². The summed E-state index contributed by atoms with van der Waals surface area (Å²) in [4.78, 5) is 6.92. The Labute approximate surface area is 164 Å². The number of thiocarbonyl (C=S) groups is 1. The third kappa shape index (κ3) is 4.01. The van der Waals surface area contributed by atoms with Gasteiger partial charge in [0.25, 0.3) is 0 Å². The number of thiazole rings is 1. The molecule has 1 aliphatic rings. The number of nitrogens with one attached hydrogen (secondary N) is 1. The Hall–Kier alpha value is -2.32. The molecule has 3 aromatic rings. The molecule has 1 fully saturated rings. The van der Waals surface area contributed by atoms with Crippen molar-refractivity contribution in [3.8, 4) is 5.75 Å². The Morgan fingerprint density at radius 1 is 1.22 bits per heavy atom. The summed E-state index contributed by atoms with van der Waals surface area (Å²) in [6.45, 7) is -1.97. The summed E-state index contributed by atoms with van der Waals surface area (Å²) in [5, 5.41) is 4.87. The van der Waals surface area contributed by atoms with Crippen LogP contribution in [0.3, 0.4) is 0 Å². The Morgan fingerprint density at radius 3 is 2.74 bits per heavy atom. The van der Waals surface area contributed by atoms with Gasteiger partial charge in [-0.25, -0.2) is 4.98 Å². The molecule has 8 heteroatoms. The van der Waals surface area contributed by atoms with E-state index in [9.17, 15) is 8.78 Å². The highest BCUT2D eigenvalue weighted by Crippen LogP contribution is 2.36. The normalized spacial score (nSPS) is 16.9. The van der Waals surface area contributed by atoms with Crippen LogP contribution < -0.4 is 10.1 Å². The lowest BCUT2D eigenvalue weighted by molar-refractivity contribution is -0.0498. The third-order valence-electron chi connectivity index (χ3n) is 4.44. The number of fused-ring (bicyclic) bond motifs is 1. The first-order valence-corrected chi connectivity index (χ1v) is 9.80.